The number of hydrogen-bond acceptors (Lipinski definition) is 6. The van der Waals surface area contributed by atoms with E-state index < -0.39 is 18.4 Å². The van der Waals surface area contributed by atoms with Gasteiger partial charge in [-0.15, -0.1) is 0 Å². The number of cyclic esters (lactones) is 2. The average molecular weight is 362 g/mol. The second-order valence-electron chi connectivity index (χ2n) is 8.60. The monoisotopic (exact) mass is 362 g/mol. The second-order valence-corrected chi connectivity index (χ2v) is 8.60. The molecule has 2 fully saturated rings. The minimum Gasteiger partial charge on any atom is -0.461 e. The maximum Gasteiger partial charge on any atom is 0.336 e. The van der Waals surface area contributed by atoms with Crippen molar-refractivity contribution in [3.63, 3.8) is 0 Å². The zero-order valence-corrected chi connectivity index (χ0v) is 15.2. The van der Waals surface area contributed by atoms with Crippen molar-refractivity contribution in [1.82, 2.24) is 0 Å². The van der Waals surface area contributed by atoms with Gasteiger partial charge >= 0.3 is 11.9 Å². The van der Waals surface area contributed by atoms with E-state index in [0.717, 1.165) is 19.3 Å². The van der Waals surface area contributed by atoms with Crippen molar-refractivity contribution in [2.45, 2.75) is 58.3 Å². The van der Waals surface area contributed by atoms with Crippen LogP contribution in [0.5, 0.6) is 0 Å². The van der Waals surface area contributed by atoms with Crippen molar-refractivity contribution in [2.75, 3.05) is 6.61 Å². The Labute approximate surface area is 152 Å². The number of aliphatic hydroxyl groups excluding tert-OH is 2. The van der Waals surface area contributed by atoms with Crippen LogP contribution in [-0.4, -0.2) is 41.2 Å². The first-order valence-electron chi connectivity index (χ1n) is 9.43. The Balaban J connectivity index is 1.64. The summed E-state index contributed by atoms with van der Waals surface area (Å²) in [6.07, 6.45) is 5.10. The second kappa shape index (κ2) is 5.92. The molecular formula is C20H26O6. The molecule has 1 spiro atoms. The van der Waals surface area contributed by atoms with Crippen LogP contribution in [0.2, 0.25) is 0 Å². The van der Waals surface area contributed by atoms with E-state index in [0.29, 0.717) is 36.5 Å². The predicted octanol–water partition coefficient (Wildman–Crippen LogP) is 1.85. The molecule has 0 bridgehead atoms. The van der Waals surface area contributed by atoms with Gasteiger partial charge in [-0.3, -0.25) is 0 Å². The van der Waals surface area contributed by atoms with E-state index in [2.05, 4.69) is 13.8 Å². The third-order valence-electron chi connectivity index (χ3n) is 7.43. The Kier molecular flexibility index (Phi) is 4.04. The van der Waals surface area contributed by atoms with Crippen LogP contribution in [0.15, 0.2) is 23.3 Å². The first-order valence-corrected chi connectivity index (χ1v) is 9.43. The van der Waals surface area contributed by atoms with Crippen LogP contribution >= 0.6 is 0 Å². The Morgan fingerprint density at radius 1 is 1.23 bits per heavy atom. The Hall–Kier alpha value is -1.66. The number of hydrogen-bond donors (Lipinski definition) is 2. The Morgan fingerprint density at radius 3 is 2.69 bits per heavy atom. The molecule has 142 valence electrons. The van der Waals surface area contributed by atoms with Crippen LogP contribution in [0.1, 0.15) is 46.0 Å². The molecule has 1 saturated carbocycles. The summed E-state index contributed by atoms with van der Waals surface area (Å²) in [4.78, 5) is 24.1. The largest absolute Gasteiger partial charge is 0.461 e. The highest BCUT2D eigenvalue weighted by atomic mass is 16.6. The molecule has 2 aliphatic heterocycles. The van der Waals surface area contributed by atoms with E-state index in [1.54, 1.807) is 6.08 Å². The summed E-state index contributed by atoms with van der Waals surface area (Å²) >= 11 is 0. The lowest BCUT2D eigenvalue weighted by Gasteiger charge is -2.57. The molecule has 2 N–H and O–H groups in total. The molecular weight excluding hydrogens is 336 g/mol. The molecule has 6 heteroatoms. The summed E-state index contributed by atoms with van der Waals surface area (Å²) in [5.74, 6) is -0.245. The Bertz CT molecular complexity index is 709. The quantitative estimate of drug-likeness (QED) is 0.745. The lowest BCUT2D eigenvalue weighted by molar-refractivity contribution is -0.151. The fourth-order valence-corrected chi connectivity index (χ4v) is 5.70. The first-order chi connectivity index (χ1) is 12.3. The van der Waals surface area contributed by atoms with Crippen molar-refractivity contribution in [2.24, 2.45) is 22.7 Å². The van der Waals surface area contributed by atoms with E-state index >= 15 is 0 Å². The van der Waals surface area contributed by atoms with E-state index in [1.165, 1.54) is 6.08 Å². The van der Waals surface area contributed by atoms with Gasteiger partial charge in [0.05, 0.1) is 6.10 Å². The average Bonchev–Trinajstić information content (AvgIpc) is 3.09. The molecule has 0 aromatic carbocycles. The normalized spacial score (nSPS) is 44.6. The lowest BCUT2D eigenvalue weighted by Crippen LogP contribution is -2.53. The van der Waals surface area contributed by atoms with Gasteiger partial charge < -0.3 is 19.7 Å². The maximum atomic E-state index is 12.2. The molecule has 0 unspecified atom stereocenters. The number of carbonyl (C=O) groups excluding carboxylic acids is 2. The molecule has 4 aliphatic rings. The smallest absolute Gasteiger partial charge is 0.336 e. The number of esters is 2. The SMILES string of the molecule is C[C@@H]1CC[C@]23COC(=O)C2=C[C@H](O)C[C@@H]3[C@@]1(C)CCC1=C[C@H](O)OC1=O. The minimum atomic E-state index is -1.15. The molecule has 6 nitrogen and oxygen atoms in total. The van der Waals surface area contributed by atoms with Gasteiger partial charge in [0.1, 0.15) is 6.61 Å². The third-order valence-corrected chi connectivity index (χ3v) is 7.43. The fourth-order valence-electron chi connectivity index (χ4n) is 5.70. The number of ether oxygens (including phenoxy) is 2. The zero-order chi connectivity index (χ0) is 18.7. The summed E-state index contributed by atoms with van der Waals surface area (Å²) in [6.45, 7) is 4.81. The van der Waals surface area contributed by atoms with Crippen LogP contribution in [0.3, 0.4) is 0 Å². The highest BCUT2D eigenvalue weighted by Gasteiger charge is 2.61. The minimum absolute atomic E-state index is 0.114. The zero-order valence-electron chi connectivity index (χ0n) is 15.2. The molecule has 4 rings (SSSR count). The molecule has 0 amide bonds. The van der Waals surface area contributed by atoms with Crippen molar-refractivity contribution in [3.8, 4) is 0 Å². The van der Waals surface area contributed by atoms with Crippen molar-refractivity contribution in [1.29, 1.82) is 0 Å². The highest BCUT2D eigenvalue weighted by molar-refractivity contribution is 5.93. The van der Waals surface area contributed by atoms with Gasteiger partial charge in [-0.2, -0.15) is 0 Å². The van der Waals surface area contributed by atoms with Crippen LogP contribution in [0.4, 0.5) is 0 Å². The van der Waals surface area contributed by atoms with Crippen LogP contribution < -0.4 is 0 Å². The summed E-state index contributed by atoms with van der Waals surface area (Å²) in [6, 6.07) is 0. The van der Waals surface area contributed by atoms with Gasteiger partial charge in [-0.25, -0.2) is 9.59 Å². The van der Waals surface area contributed by atoms with E-state index in [4.69, 9.17) is 9.47 Å². The van der Waals surface area contributed by atoms with E-state index in [-0.39, 0.29) is 22.7 Å². The molecule has 0 aromatic heterocycles. The number of carbonyl (C=O) groups is 2. The molecule has 26 heavy (non-hydrogen) atoms. The van der Waals surface area contributed by atoms with Crippen LogP contribution in [0, 0.1) is 22.7 Å². The molecule has 2 heterocycles. The van der Waals surface area contributed by atoms with Crippen molar-refractivity contribution >= 4 is 11.9 Å². The summed E-state index contributed by atoms with van der Waals surface area (Å²) in [5, 5.41) is 19.9. The van der Waals surface area contributed by atoms with E-state index in [9.17, 15) is 19.8 Å². The third kappa shape index (κ3) is 2.46. The molecule has 0 aromatic rings. The molecule has 1 saturated heterocycles. The van der Waals surface area contributed by atoms with Gasteiger partial charge in [-0.05, 0) is 61.5 Å². The molecule has 6 atom stereocenters. The number of rotatable bonds is 3. The lowest BCUT2D eigenvalue weighted by atomic mass is 9.46. The topological polar surface area (TPSA) is 93.1 Å². The fraction of sp³-hybridized carbons (Fsp3) is 0.700. The highest BCUT2D eigenvalue weighted by Crippen LogP contribution is 2.64. The van der Waals surface area contributed by atoms with Crippen LogP contribution in [-0.2, 0) is 19.1 Å². The summed E-state index contributed by atoms with van der Waals surface area (Å²) < 4.78 is 10.2. The van der Waals surface area contributed by atoms with Gasteiger partial charge in [0.2, 0.25) is 6.29 Å². The van der Waals surface area contributed by atoms with Gasteiger partial charge in [0.15, 0.2) is 0 Å². The van der Waals surface area contributed by atoms with Gasteiger partial charge in [0.25, 0.3) is 0 Å². The summed E-state index contributed by atoms with van der Waals surface area (Å²) in [5.41, 5.74) is 0.689. The van der Waals surface area contributed by atoms with Crippen molar-refractivity contribution in [3.05, 3.63) is 23.3 Å². The van der Waals surface area contributed by atoms with Gasteiger partial charge in [-0.1, -0.05) is 13.8 Å². The van der Waals surface area contributed by atoms with Crippen molar-refractivity contribution < 1.29 is 29.3 Å². The maximum absolute atomic E-state index is 12.2. The summed E-state index contributed by atoms with van der Waals surface area (Å²) in [7, 11) is 0. The van der Waals surface area contributed by atoms with Crippen LogP contribution in [0.25, 0.3) is 0 Å². The number of aliphatic hydroxyl groups is 2. The standard InChI is InChI=1S/C20H26O6/c1-11-3-6-20-10-25-18(24)14(20)8-13(21)9-15(20)19(11,2)5-4-12-7-16(22)26-17(12)23/h7-8,11,13,15-16,21-22H,3-6,9-10H2,1-2H3/t11-,13+,15-,16-,19+,20+/m1/s1. The molecule has 2 aliphatic carbocycles. The predicted molar refractivity (Wildman–Crippen MR) is 91.5 cm³/mol. The van der Waals surface area contributed by atoms with Gasteiger partial charge in [0, 0.05) is 16.6 Å². The Morgan fingerprint density at radius 2 is 2.00 bits per heavy atom. The molecule has 0 radical (unpaired) electrons. The van der Waals surface area contributed by atoms with E-state index in [1.807, 2.05) is 0 Å². The first kappa shape index (κ1) is 17.7.